The van der Waals surface area contributed by atoms with Crippen molar-refractivity contribution in [2.45, 2.75) is 32.0 Å². The Morgan fingerprint density at radius 2 is 1.95 bits per heavy atom. The van der Waals surface area contributed by atoms with Crippen molar-refractivity contribution in [3.05, 3.63) is 45.8 Å². The fourth-order valence-corrected chi connectivity index (χ4v) is 5.84. The lowest BCUT2D eigenvalue weighted by molar-refractivity contribution is -0.156. The smallest absolute Gasteiger partial charge is 0.429 e. The number of β-amino-alcohol motifs (C(OH)–C–C–N with tert-alkyl or cyclic N) is 1. The first-order chi connectivity index (χ1) is 17.6. The first-order valence-electron chi connectivity index (χ1n) is 12.3. The lowest BCUT2D eigenvalue weighted by Gasteiger charge is -2.47. The predicted molar refractivity (Wildman–Crippen MR) is 137 cm³/mol. The Kier molecular flexibility index (Phi) is 7.46. The van der Waals surface area contributed by atoms with E-state index in [1.54, 1.807) is 24.3 Å². The van der Waals surface area contributed by atoms with Gasteiger partial charge in [-0.05, 0) is 55.8 Å². The number of rotatable bonds is 7. The number of aliphatic hydroxyl groups excluding tert-OH is 1. The van der Waals surface area contributed by atoms with Crippen molar-refractivity contribution >= 4 is 45.9 Å². The van der Waals surface area contributed by atoms with Crippen molar-refractivity contribution in [2.24, 2.45) is 11.8 Å². The predicted octanol–water partition coefficient (Wildman–Crippen LogP) is 5.86. The quantitative estimate of drug-likeness (QED) is 0.376. The Hall–Kier alpha value is -2.27. The van der Waals surface area contributed by atoms with Gasteiger partial charge in [-0.25, -0.2) is 4.98 Å². The number of anilines is 2. The number of alkyl halides is 3. The fourth-order valence-electron chi connectivity index (χ4n) is 5.27. The van der Waals surface area contributed by atoms with Gasteiger partial charge in [0.05, 0.1) is 18.3 Å². The molecule has 2 aliphatic heterocycles. The van der Waals surface area contributed by atoms with Gasteiger partial charge in [-0.3, -0.25) is 0 Å². The van der Waals surface area contributed by atoms with Gasteiger partial charge in [-0.15, -0.1) is 0 Å². The highest BCUT2D eigenvalue weighted by Gasteiger charge is 2.40. The zero-order valence-corrected chi connectivity index (χ0v) is 21.7. The lowest BCUT2D eigenvalue weighted by Crippen LogP contribution is -2.54. The van der Waals surface area contributed by atoms with Crippen LogP contribution >= 0.6 is 23.2 Å². The normalized spacial score (nSPS) is 20.3. The number of nitrogens with zero attached hydrogens (tertiary/aromatic N) is 4. The summed E-state index contributed by atoms with van der Waals surface area (Å²) >= 11 is 12.4. The molecule has 1 aromatic carbocycles. The van der Waals surface area contributed by atoms with Crippen LogP contribution in [0.1, 0.15) is 37.3 Å². The molecular formula is C25H28Cl2F3N5O2. The van der Waals surface area contributed by atoms with E-state index in [4.69, 9.17) is 27.6 Å². The van der Waals surface area contributed by atoms with E-state index < -0.39 is 12.1 Å². The Morgan fingerprint density at radius 3 is 2.65 bits per heavy atom. The van der Waals surface area contributed by atoms with Crippen molar-refractivity contribution in [3.63, 3.8) is 0 Å². The maximum absolute atomic E-state index is 13.4. The molecule has 2 N–H and O–H groups in total. The van der Waals surface area contributed by atoms with Gasteiger partial charge >= 0.3 is 12.1 Å². The summed E-state index contributed by atoms with van der Waals surface area (Å²) in [4.78, 5) is 12.4. The molecule has 2 saturated heterocycles. The summed E-state index contributed by atoms with van der Waals surface area (Å²) in [6, 6.07) is 6.45. The zero-order chi connectivity index (χ0) is 26.3. The minimum atomic E-state index is -4.73. The number of aliphatic hydroxyl groups is 1. The number of nitrogens with one attached hydrogen (secondary N) is 1. The molecule has 0 aliphatic carbocycles. The number of aromatic nitrogens is 2. The van der Waals surface area contributed by atoms with E-state index >= 15 is 0 Å². The maximum Gasteiger partial charge on any atom is 0.469 e. The zero-order valence-electron chi connectivity index (χ0n) is 20.2. The Bertz CT molecular complexity index is 1260. The third-order valence-electron chi connectivity index (χ3n) is 7.25. The van der Waals surface area contributed by atoms with Crippen molar-refractivity contribution < 1.29 is 22.7 Å². The second kappa shape index (κ2) is 10.5. The molecule has 200 valence electrons. The first-order valence-corrected chi connectivity index (χ1v) is 13.1. The molecule has 3 aromatic rings. The number of pyridine rings is 1. The molecule has 0 saturated carbocycles. The molecule has 2 aromatic heterocycles. The molecule has 0 amide bonds. The highest BCUT2D eigenvalue weighted by Crippen LogP contribution is 2.39. The van der Waals surface area contributed by atoms with E-state index in [-0.39, 0.29) is 23.9 Å². The van der Waals surface area contributed by atoms with E-state index in [0.717, 1.165) is 44.6 Å². The van der Waals surface area contributed by atoms with Crippen LogP contribution in [0.5, 0.6) is 0 Å². The van der Waals surface area contributed by atoms with Crippen molar-refractivity contribution in [1.29, 1.82) is 0 Å². The highest BCUT2D eigenvalue weighted by molar-refractivity contribution is 6.35. The van der Waals surface area contributed by atoms with Gasteiger partial charge in [0.25, 0.3) is 0 Å². The molecular weight excluding hydrogens is 530 g/mol. The molecule has 12 heteroatoms. The van der Waals surface area contributed by atoms with Crippen LogP contribution in [0.25, 0.3) is 11.2 Å². The van der Waals surface area contributed by atoms with Gasteiger partial charge in [0.15, 0.2) is 5.58 Å². The van der Waals surface area contributed by atoms with E-state index in [2.05, 4.69) is 25.1 Å². The number of oxazole rings is 1. The molecule has 0 bridgehead atoms. The van der Waals surface area contributed by atoms with Crippen molar-refractivity contribution in [3.8, 4) is 0 Å². The molecule has 2 atom stereocenters. The molecule has 0 spiro atoms. The van der Waals surface area contributed by atoms with Crippen LogP contribution in [0.2, 0.25) is 10.0 Å². The topological polar surface area (TPSA) is 77.7 Å². The minimum absolute atomic E-state index is 0.0583. The number of fused-ring (bicyclic) bond motifs is 1. The van der Waals surface area contributed by atoms with Crippen LogP contribution in [0.4, 0.5) is 24.7 Å². The summed E-state index contributed by atoms with van der Waals surface area (Å²) in [5.41, 5.74) is 0.938. The van der Waals surface area contributed by atoms with Crippen LogP contribution in [0.3, 0.4) is 0 Å². The van der Waals surface area contributed by atoms with Crippen molar-refractivity contribution in [1.82, 2.24) is 14.9 Å². The number of hydrogen-bond donors (Lipinski definition) is 2. The van der Waals surface area contributed by atoms with Gasteiger partial charge in [0, 0.05) is 42.3 Å². The molecule has 7 nitrogen and oxygen atoms in total. The van der Waals surface area contributed by atoms with Crippen LogP contribution in [0, 0.1) is 11.8 Å². The average Bonchev–Trinajstić information content (AvgIpc) is 3.24. The Balaban J connectivity index is 1.39. The lowest BCUT2D eigenvalue weighted by atomic mass is 9.80. The summed E-state index contributed by atoms with van der Waals surface area (Å²) in [6.45, 7) is 6.17. The van der Waals surface area contributed by atoms with Gasteiger partial charge in [0.1, 0.15) is 5.82 Å². The maximum atomic E-state index is 13.4. The summed E-state index contributed by atoms with van der Waals surface area (Å²) in [5, 5.41) is 13.4. The summed E-state index contributed by atoms with van der Waals surface area (Å²) < 4.78 is 45.3. The fraction of sp³-hybridized carbons (Fsp3) is 0.520. The number of halogens is 5. The number of hydrogen-bond acceptors (Lipinski definition) is 7. The summed E-state index contributed by atoms with van der Waals surface area (Å²) in [5.74, 6) is 0.199. The van der Waals surface area contributed by atoms with Crippen LogP contribution in [-0.4, -0.2) is 59.3 Å². The average molecular weight is 558 g/mol. The van der Waals surface area contributed by atoms with Gasteiger partial charge in [-0.2, -0.15) is 18.2 Å². The molecule has 2 fully saturated rings. The molecule has 0 unspecified atom stereocenters. The molecule has 37 heavy (non-hydrogen) atoms. The number of likely N-dealkylation sites (tertiary alicyclic amines) is 1. The monoisotopic (exact) mass is 557 g/mol. The van der Waals surface area contributed by atoms with Gasteiger partial charge in [-0.1, -0.05) is 29.3 Å². The highest BCUT2D eigenvalue weighted by atomic mass is 35.5. The van der Waals surface area contributed by atoms with E-state index in [1.807, 2.05) is 6.92 Å². The Labute approximate surface area is 222 Å². The van der Waals surface area contributed by atoms with E-state index in [1.165, 1.54) is 0 Å². The van der Waals surface area contributed by atoms with E-state index in [0.29, 0.717) is 39.9 Å². The molecule has 0 radical (unpaired) electrons. The van der Waals surface area contributed by atoms with E-state index in [9.17, 15) is 18.3 Å². The second-order valence-corrected chi connectivity index (χ2v) is 10.7. The van der Waals surface area contributed by atoms with Crippen LogP contribution in [0.15, 0.2) is 28.7 Å². The van der Waals surface area contributed by atoms with Crippen molar-refractivity contribution in [2.75, 3.05) is 49.5 Å². The SMILES string of the molecule is C[C@@H](Nc1cc(N2CC([C@H]3CCCN(CCO)C3)C2)nc2nc(C(F)(F)F)oc12)c1ccc(Cl)cc1Cl. The molecule has 5 rings (SSSR count). The summed E-state index contributed by atoms with van der Waals surface area (Å²) in [6.07, 6.45) is -2.49. The van der Waals surface area contributed by atoms with Crippen LogP contribution in [-0.2, 0) is 6.18 Å². The first kappa shape index (κ1) is 26.3. The summed E-state index contributed by atoms with van der Waals surface area (Å²) in [7, 11) is 0. The minimum Gasteiger partial charge on any atom is -0.429 e. The van der Waals surface area contributed by atoms with Gasteiger partial charge in [0.2, 0.25) is 5.65 Å². The number of benzene rings is 1. The van der Waals surface area contributed by atoms with Gasteiger partial charge < -0.3 is 24.6 Å². The molecule has 2 aliphatic rings. The standard InChI is InChI=1S/C25H28Cl2F3N5O2/c1-14(18-5-4-17(26)9-19(18)27)31-20-10-21(32-23-22(20)37-24(33-23)25(28,29)30)35-12-16(13-35)15-3-2-6-34(11-15)7-8-36/h4-5,9-10,14-16,36H,2-3,6-8,11-13H2,1H3,(H,31,32)/t14-,15+/m1/s1. The second-order valence-electron chi connectivity index (χ2n) is 9.82. The molecule has 4 heterocycles. The third kappa shape index (κ3) is 5.62. The van der Waals surface area contributed by atoms with Crippen LogP contribution < -0.4 is 10.2 Å². The number of piperidine rings is 1. The third-order valence-corrected chi connectivity index (χ3v) is 7.81. The largest absolute Gasteiger partial charge is 0.469 e. The Morgan fingerprint density at radius 1 is 1.16 bits per heavy atom.